The number of nitrogens with one attached hydrogen (secondary N) is 1. The maximum Gasteiger partial charge on any atom is 0.253 e. The summed E-state index contributed by atoms with van der Waals surface area (Å²) in [5.74, 6) is 1.93. The predicted octanol–water partition coefficient (Wildman–Crippen LogP) is 0.769. The van der Waals surface area contributed by atoms with Gasteiger partial charge in [-0.2, -0.15) is 11.8 Å². The number of rotatable bonds is 3. The first-order valence-electron chi connectivity index (χ1n) is 5.23. The highest BCUT2D eigenvalue weighted by Gasteiger charge is 2.41. The highest BCUT2D eigenvalue weighted by molar-refractivity contribution is 7.99. The van der Waals surface area contributed by atoms with Gasteiger partial charge in [-0.05, 0) is 37.9 Å². The molecule has 2 fully saturated rings. The number of hydrogen-bond acceptors (Lipinski definition) is 3. The van der Waals surface area contributed by atoms with Crippen LogP contribution in [0.3, 0.4) is 0 Å². The van der Waals surface area contributed by atoms with Crippen molar-refractivity contribution in [2.24, 2.45) is 5.92 Å². The van der Waals surface area contributed by atoms with Gasteiger partial charge in [-0.15, -0.1) is 0 Å². The van der Waals surface area contributed by atoms with E-state index in [0.717, 1.165) is 5.75 Å². The van der Waals surface area contributed by atoms with Crippen LogP contribution in [0, 0.1) is 5.92 Å². The summed E-state index contributed by atoms with van der Waals surface area (Å²) in [5, 5.41) is 12.9. The molecule has 1 amide bonds. The zero-order chi connectivity index (χ0) is 10.2. The van der Waals surface area contributed by atoms with Gasteiger partial charge in [-0.3, -0.25) is 4.79 Å². The van der Waals surface area contributed by atoms with E-state index in [1.54, 1.807) is 11.8 Å². The van der Waals surface area contributed by atoms with Gasteiger partial charge in [0.15, 0.2) is 5.60 Å². The van der Waals surface area contributed by atoms with Crippen LogP contribution in [-0.2, 0) is 4.79 Å². The lowest BCUT2D eigenvalue weighted by molar-refractivity contribution is -0.138. The Labute approximate surface area is 88.6 Å². The molecule has 4 heteroatoms. The quantitative estimate of drug-likeness (QED) is 0.731. The summed E-state index contributed by atoms with van der Waals surface area (Å²) >= 11 is 1.65. The van der Waals surface area contributed by atoms with E-state index in [0.29, 0.717) is 18.1 Å². The molecule has 0 radical (unpaired) electrons. The van der Waals surface area contributed by atoms with Crippen LogP contribution in [0.1, 0.15) is 26.2 Å². The van der Waals surface area contributed by atoms with Crippen molar-refractivity contribution in [1.29, 1.82) is 0 Å². The first kappa shape index (κ1) is 10.3. The number of carbonyl (C=O) groups excluding carboxylic acids is 1. The fraction of sp³-hybridized carbons (Fsp3) is 0.900. The number of carbonyl (C=O) groups is 1. The molecule has 0 bridgehead atoms. The predicted molar refractivity (Wildman–Crippen MR) is 57.2 cm³/mol. The molecule has 1 aliphatic carbocycles. The lowest BCUT2D eigenvalue weighted by Crippen LogP contribution is -2.50. The van der Waals surface area contributed by atoms with Crippen molar-refractivity contribution < 1.29 is 9.90 Å². The normalized spacial score (nSPS) is 34.1. The highest BCUT2D eigenvalue weighted by Crippen LogP contribution is 2.33. The number of aliphatic hydroxyl groups is 1. The fourth-order valence-electron chi connectivity index (χ4n) is 1.79. The van der Waals surface area contributed by atoms with Crippen molar-refractivity contribution in [2.45, 2.75) is 37.8 Å². The molecule has 0 aromatic heterocycles. The summed E-state index contributed by atoms with van der Waals surface area (Å²) in [6.45, 7) is 2.03. The summed E-state index contributed by atoms with van der Waals surface area (Å²) in [6, 6.07) is 0.233. The first-order chi connectivity index (χ1) is 6.62. The molecule has 2 aliphatic rings. The average molecular weight is 215 g/mol. The Morgan fingerprint density at radius 1 is 1.64 bits per heavy atom. The topological polar surface area (TPSA) is 49.3 Å². The van der Waals surface area contributed by atoms with Crippen molar-refractivity contribution >= 4 is 17.7 Å². The van der Waals surface area contributed by atoms with Gasteiger partial charge in [0.25, 0.3) is 5.91 Å². The van der Waals surface area contributed by atoms with Crippen LogP contribution in [0.5, 0.6) is 0 Å². The van der Waals surface area contributed by atoms with Gasteiger partial charge >= 0.3 is 0 Å². The third-order valence-electron chi connectivity index (χ3n) is 3.11. The van der Waals surface area contributed by atoms with Crippen molar-refractivity contribution in [2.75, 3.05) is 11.5 Å². The third kappa shape index (κ3) is 2.06. The molecule has 2 N–H and O–H groups in total. The maximum atomic E-state index is 11.7. The molecule has 0 aromatic rings. The van der Waals surface area contributed by atoms with Crippen molar-refractivity contribution in [1.82, 2.24) is 5.32 Å². The molecule has 0 spiro atoms. The second kappa shape index (κ2) is 3.74. The molecule has 2 atom stereocenters. The molecule has 1 heterocycles. The number of thioether (sulfide) groups is 1. The van der Waals surface area contributed by atoms with Crippen LogP contribution in [0.15, 0.2) is 0 Å². The highest BCUT2D eigenvalue weighted by atomic mass is 32.2. The molecule has 1 saturated heterocycles. The van der Waals surface area contributed by atoms with E-state index in [2.05, 4.69) is 5.32 Å². The van der Waals surface area contributed by atoms with Gasteiger partial charge in [-0.1, -0.05) is 0 Å². The van der Waals surface area contributed by atoms with Gasteiger partial charge in [-0.25, -0.2) is 0 Å². The Morgan fingerprint density at radius 3 is 2.86 bits per heavy atom. The molecule has 80 valence electrons. The lowest BCUT2D eigenvalue weighted by atomic mass is 10.0. The minimum absolute atomic E-state index is 0.165. The van der Waals surface area contributed by atoms with E-state index >= 15 is 0 Å². The van der Waals surface area contributed by atoms with Crippen molar-refractivity contribution in [3.8, 4) is 0 Å². The van der Waals surface area contributed by atoms with Gasteiger partial charge in [0.1, 0.15) is 0 Å². The van der Waals surface area contributed by atoms with E-state index < -0.39 is 5.60 Å². The average Bonchev–Trinajstić information content (AvgIpc) is 2.90. The van der Waals surface area contributed by atoms with Gasteiger partial charge in [0.2, 0.25) is 0 Å². The SMILES string of the molecule is CC(NC(=O)C1(O)CCSC1)C1CC1. The summed E-state index contributed by atoms with van der Waals surface area (Å²) < 4.78 is 0. The molecule has 2 unspecified atom stereocenters. The van der Waals surface area contributed by atoms with E-state index in [9.17, 15) is 9.90 Å². The summed E-state index contributed by atoms with van der Waals surface area (Å²) in [7, 11) is 0. The second-order valence-electron chi connectivity index (χ2n) is 4.43. The van der Waals surface area contributed by atoms with Crippen LogP contribution >= 0.6 is 11.8 Å². The zero-order valence-electron chi connectivity index (χ0n) is 8.45. The van der Waals surface area contributed by atoms with Crippen molar-refractivity contribution in [3.63, 3.8) is 0 Å². The Hall–Kier alpha value is -0.220. The molecule has 1 aliphatic heterocycles. The second-order valence-corrected chi connectivity index (χ2v) is 5.54. The summed E-state index contributed by atoms with van der Waals surface area (Å²) in [6.07, 6.45) is 3.03. The minimum Gasteiger partial charge on any atom is -0.379 e. The largest absolute Gasteiger partial charge is 0.379 e. The number of amides is 1. The summed E-state index contributed by atoms with van der Waals surface area (Å²) in [4.78, 5) is 11.7. The Balaban J connectivity index is 1.87. The molecular formula is C10H17NO2S. The third-order valence-corrected chi connectivity index (χ3v) is 4.29. The Bertz CT molecular complexity index is 234. The van der Waals surface area contributed by atoms with Crippen molar-refractivity contribution in [3.05, 3.63) is 0 Å². The van der Waals surface area contributed by atoms with Crippen LogP contribution in [0.2, 0.25) is 0 Å². The van der Waals surface area contributed by atoms with Gasteiger partial charge in [0, 0.05) is 11.8 Å². The van der Waals surface area contributed by atoms with Gasteiger partial charge < -0.3 is 10.4 Å². The van der Waals surface area contributed by atoms with Crippen LogP contribution in [0.4, 0.5) is 0 Å². The lowest BCUT2D eigenvalue weighted by Gasteiger charge is -2.23. The standard InChI is InChI=1S/C10H17NO2S/c1-7(8-2-3-8)11-9(12)10(13)4-5-14-6-10/h7-8,13H,2-6H2,1H3,(H,11,12). The monoisotopic (exact) mass is 215 g/mol. The fourth-order valence-corrected chi connectivity index (χ4v) is 3.03. The maximum absolute atomic E-state index is 11.7. The van der Waals surface area contributed by atoms with Gasteiger partial charge in [0.05, 0.1) is 0 Å². The van der Waals surface area contributed by atoms with Crippen LogP contribution < -0.4 is 5.32 Å². The molecule has 3 nitrogen and oxygen atoms in total. The zero-order valence-corrected chi connectivity index (χ0v) is 9.27. The molecule has 2 rings (SSSR count). The molecule has 14 heavy (non-hydrogen) atoms. The molecular weight excluding hydrogens is 198 g/mol. The minimum atomic E-state index is -1.09. The van der Waals surface area contributed by atoms with E-state index in [-0.39, 0.29) is 11.9 Å². The summed E-state index contributed by atoms with van der Waals surface area (Å²) in [5.41, 5.74) is -1.09. The van der Waals surface area contributed by atoms with Crippen LogP contribution in [0.25, 0.3) is 0 Å². The first-order valence-corrected chi connectivity index (χ1v) is 6.38. The Kier molecular flexibility index (Phi) is 2.75. The number of hydrogen-bond donors (Lipinski definition) is 2. The van der Waals surface area contributed by atoms with E-state index in [1.807, 2.05) is 6.92 Å². The van der Waals surface area contributed by atoms with E-state index in [4.69, 9.17) is 0 Å². The van der Waals surface area contributed by atoms with Crippen LogP contribution in [-0.4, -0.2) is 34.2 Å². The smallest absolute Gasteiger partial charge is 0.253 e. The van der Waals surface area contributed by atoms with E-state index in [1.165, 1.54) is 12.8 Å². The molecule has 0 aromatic carbocycles. The Morgan fingerprint density at radius 2 is 2.36 bits per heavy atom. The molecule has 1 saturated carbocycles.